The van der Waals surface area contributed by atoms with E-state index >= 15 is 0 Å². The topological polar surface area (TPSA) is 142 Å². The van der Waals surface area contributed by atoms with Crippen LogP contribution < -0.4 is 15.2 Å². The van der Waals surface area contributed by atoms with E-state index in [1.54, 1.807) is 19.9 Å². The van der Waals surface area contributed by atoms with Crippen LogP contribution in [0.15, 0.2) is 18.2 Å². The zero-order valence-corrected chi connectivity index (χ0v) is 25.3. The number of aliphatic carboxylic acids is 1. The van der Waals surface area contributed by atoms with E-state index in [4.69, 9.17) is 19.9 Å². The number of carbonyl (C=O) groups is 4. The van der Waals surface area contributed by atoms with Crippen LogP contribution >= 0.6 is 0 Å². The molecule has 0 amide bonds. The number of carboxylic acids is 1. The Morgan fingerprint density at radius 1 is 0.850 bits per heavy atom. The molecule has 0 saturated heterocycles. The molecule has 9 nitrogen and oxygen atoms in total. The normalized spacial score (nSPS) is 14.5. The van der Waals surface area contributed by atoms with Gasteiger partial charge in [0.25, 0.3) is 0 Å². The average molecular weight is 564 g/mol. The molecule has 40 heavy (non-hydrogen) atoms. The smallest absolute Gasteiger partial charge is 0.321 e. The van der Waals surface area contributed by atoms with Crippen LogP contribution in [0.5, 0.6) is 11.5 Å². The third-order valence-electron chi connectivity index (χ3n) is 6.74. The van der Waals surface area contributed by atoms with Gasteiger partial charge in [-0.1, -0.05) is 73.3 Å². The van der Waals surface area contributed by atoms with Gasteiger partial charge in [-0.3, -0.25) is 19.2 Å². The van der Waals surface area contributed by atoms with Gasteiger partial charge in [0.05, 0.1) is 6.42 Å². The fourth-order valence-electron chi connectivity index (χ4n) is 4.35. The Labute approximate surface area is 239 Å². The number of rotatable bonds is 17. The number of hydrogen-bond acceptors (Lipinski definition) is 8. The van der Waals surface area contributed by atoms with Gasteiger partial charge in [0, 0.05) is 24.7 Å². The summed E-state index contributed by atoms with van der Waals surface area (Å²) in [5, 5.41) is 9.80. The zero-order chi connectivity index (χ0) is 30.5. The molecule has 1 aromatic rings. The first-order chi connectivity index (χ1) is 18.7. The number of carbonyl (C=O) groups excluding carboxylic acids is 3. The second-order valence-corrected chi connectivity index (χ2v) is 11.7. The van der Waals surface area contributed by atoms with Crippen molar-refractivity contribution in [2.24, 2.45) is 17.1 Å². The highest BCUT2D eigenvalue weighted by atomic mass is 16.6. The minimum atomic E-state index is -1.34. The Morgan fingerprint density at radius 3 is 1.85 bits per heavy atom. The van der Waals surface area contributed by atoms with Crippen molar-refractivity contribution in [3.8, 4) is 11.5 Å². The average Bonchev–Trinajstić information content (AvgIpc) is 2.84. The summed E-state index contributed by atoms with van der Waals surface area (Å²) in [5.41, 5.74) is 6.34. The maximum atomic E-state index is 12.6. The van der Waals surface area contributed by atoms with Crippen LogP contribution in [-0.4, -0.2) is 41.1 Å². The van der Waals surface area contributed by atoms with E-state index in [1.807, 2.05) is 34.6 Å². The molecule has 0 aliphatic heterocycles. The fraction of sp³-hybridized carbons (Fsp3) is 0.677. The number of esters is 3. The summed E-state index contributed by atoms with van der Waals surface area (Å²) < 4.78 is 16.8. The van der Waals surface area contributed by atoms with Crippen molar-refractivity contribution in [3.05, 3.63) is 23.8 Å². The first-order valence-electron chi connectivity index (χ1n) is 14.4. The molecule has 1 rings (SSSR count). The van der Waals surface area contributed by atoms with Crippen molar-refractivity contribution in [2.45, 2.75) is 124 Å². The molecule has 0 aliphatic carbocycles. The quantitative estimate of drug-likeness (QED) is 0.129. The van der Waals surface area contributed by atoms with Crippen LogP contribution in [0, 0.1) is 11.3 Å². The minimum absolute atomic E-state index is 0.0232. The highest BCUT2D eigenvalue weighted by molar-refractivity contribution is 5.77. The van der Waals surface area contributed by atoms with E-state index in [2.05, 4.69) is 0 Å². The van der Waals surface area contributed by atoms with Crippen molar-refractivity contribution in [1.82, 2.24) is 0 Å². The summed E-state index contributed by atoms with van der Waals surface area (Å²) >= 11 is 0. The van der Waals surface area contributed by atoms with Crippen molar-refractivity contribution >= 4 is 23.9 Å². The molecular formula is C31H49NO8. The second-order valence-electron chi connectivity index (χ2n) is 11.7. The SMILES string of the molecule is CCCCCC(=O)Oc1ccc(C(C(C)C(C)OC(=O)CC(C)(C)C)[C@H](N)C(=O)O)cc1OC(=O)CCCCC. The molecule has 0 aromatic heterocycles. The van der Waals surface area contributed by atoms with E-state index in [0.29, 0.717) is 18.4 Å². The molecule has 226 valence electrons. The first kappa shape index (κ1) is 35.1. The molecule has 0 bridgehead atoms. The van der Waals surface area contributed by atoms with Crippen molar-refractivity contribution in [2.75, 3.05) is 0 Å². The third-order valence-corrected chi connectivity index (χ3v) is 6.74. The molecule has 0 spiro atoms. The molecule has 3 N–H and O–H groups in total. The molecule has 0 fully saturated rings. The highest BCUT2D eigenvalue weighted by Crippen LogP contribution is 2.37. The van der Waals surface area contributed by atoms with Gasteiger partial charge in [0.15, 0.2) is 11.5 Å². The van der Waals surface area contributed by atoms with E-state index < -0.39 is 41.9 Å². The fourth-order valence-corrected chi connectivity index (χ4v) is 4.35. The van der Waals surface area contributed by atoms with Gasteiger partial charge in [-0.25, -0.2) is 0 Å². The minimum Gasteiger partial charge on any atom is -0.480 e. The van der Waals surface area contributed by atoms with Gasteiger partial charge in [-0.05, 0) is 42.9 Å². The van der Waals surface area contributed by atoms with Crippen LogP contribution in [-0.2, 0) is 23.9 Å². The van der Waals surface area contributed by atoms with Crippen LogP contribution in [0.25, 0.3) is 0 Å². The van der Waals surface area contributed by atoms with Crippen LogP contribution in [0.2, 0.25) is 0 Å². The van der Waals surface area contributed by atoms with Crippen LogP contribution in [0.3, 0.4) is 0 Å². The van der Waals surface area contributed by atoms with E-state index in [1.165, 1.54) is 12.1 Å². The number of carboxylic acid groups (broad SMARTS) is 1. The van der Waals surface area contributed by atoms with Crippen LogP contribution in [0.4, 0.5) is 0 Å². The molecule has 0 radical (unpaired) electrons. The molecule has 3 unspecified atom stereocenters. The molecular weight excluding hydrogens is 514 g/mol. The Kier molecular flexibility index (Phi) is 14.9. The molecule has 0 heterocycles. The molecule has 0 aliphatic rings. The Hall–Kier alpha value is -2.94. The maximum absolute atomic E-state index is 12.6. The van der Waals surface area contributed by atoms with E-state index in [-0.39, 0.29) is 42.1 Å². The second kappa shape index (κ2) is 17.0. The molecule has 0 saturated carbocycles. The zero-order valence-electron chi connectivity index (χ0n) is 25.3. The summed E-state index contributed by atoms with van der Waals surface area (Å²) in [6, 6.07) is 3.26. The highest BCUT2D eigenvalue weighted by Gasteiger charge is 2.36. The van der Waals surface area contributed by atoms with Crippen molar-refractivity contribution in [3.63, 3.8) is 0 Å². The molecule has 9 heteroatoms. The van der Waals surface area contributed by atoms with Gasteiger partial charge >= 0.3 is 23.9 Å². The molecule has 1 aromatic carbocycles. The first-order valence-corrected chi connectivity index (χ1v) is 14.4. The lowest BCUT2D eigenvalue weighted by atomic mass is 9.79. The monoisotopic (exact) mass is 563 g/mol. The largest absolute Gasteiger partial charge is 0.480 e. The van der Waals surface area contributed by atoms with Crippen molar-refractivity contribution in [1.29, 1.82) is 0 Å². The predicted octanol–water partition coefficient (Wildman–Crippen LogP) is 6.16. The number of nitrogens with two attached hydrogens (primary N) is 1. The van der Waals surface area contributed by atoms with Crippen molar-refractivity contribution < 1.29 is 38.5 Å². The summed E-state index contributed by atoms with van der Waals surface area (Å²) in [6.45, 7) is 13.3. The van der Waals surface area contributed by atoms with Gasteiger partial charge in [-0.2, -0.15) is 0 Å². The third kappa shape index (κ3) is 12.5. The summed E-state index contributed by atoms with van der Waals surface area (Å²) in [4.78, 5) is 49.5. The maximum Gasteiger partial charge on any atom is 0.321 e. The lowest BCUT2D eigenvalue weighted by Gasteiger charge is -2.32. The van der Waals surface area contributed by atoms with Gasteiger partial charge in [0.1, 0.15) is 12.1 Å². The predicted molar refractivity (Wildman–Crippen MR) is 153 cm³/mol. The summed E-state index contributed by atoms with van der Waals surface area (Å²) in [6.07, 6.45) is 4.95. The standard InChI is InChI=1S/C31H49NO8/c1-8-10-12-14-25(33)39-23-17-16-22(18-24(23)40-26(34)15-13-11-9-2)28(29(32)30(36)37)20(3)21(4)38-27(35)19-31(5,6)7/h16-18,20-21,28-29H,8-15,19,32H2,1-7H3,(H,36,37)/t20?,21?,28?,29-/m0/s1. The van der Waals surface area contributed by atoms with Crippen LogP contribution in [0.1, 0.15) is 118 Å². The lowest BCUT2D eigenvalue weighted by molar-refractivity contribution is -0.153. The van der Waals surface area contributed by atoms with Gasteiger partial charge in [0.2, 0.25) is 0 Å². The summed E-state index contributed by atoms with van der Waals surface area (Å²) in [7, 11) is 0. The van der Waals surface area contributed by atoms with Gasteiger partial charge < -0.3 is 25.1 Å². The number of benzene rings is 1. The Bertz CT molecular complexity index is 984. The number of hydrogen-bond donors (Lipinski definition) is 2. The Balaban J connectivity index is 3.37. The Morgan fingerprint density at radius 2 is 1.38 bits per heavy atom. The van der Waals surface area contributed by atoms with E-state index in [9.17, 15) is 24.3 Å². The lowest BCUT2D eigenvalue weighted by Crippen LogP contribution is -2.42. The van der Waals surface area contributed by atoms with E-state index in [0.717, 1.165) is 25.7 Å². The molecule has 4 atom stereocenters. The number of unbranched alkanes of at least 4 members (excludes halogenated alkanes) is 4. The summed E-state index contributed by atoms with van der Waals surface area (Å²) in [5.74, 6) is -3.76. The van der Waals surface area contributed by atoms with Gasteiger partial charge in [-0.15, -0.1) is 0 Å². The number of ether oxygens (including phenoxy) is 3.